The van der Waals surface area contributed by atoms with E-state index in [1.54, 1.807) is 19.4 Å². The average Bonchev–Trinajstić information content (AvgIpc) is 3.23. The van der Waals surface area contributed by atoms with E-state index in [2.05, 4.69) is 55.7 Å². The van der Waals surface area contributed by atoms with Crippen LogP contribution in [0.1, 0.15) is 21.7 Å². The van der Waals surface area contributed by atoms with Crippen LogP contribution >= 0.6 is 45.2 Å². The molecule has 1 aromatic heterocycles. The van der Waals surface area contributed by atoms with Crippen LogP contribution in [0.4, 0.5) is 0 Å². The highest BCUT2D eigenvalue weighted by molar-refractivity contribution is 14.1. The van der Waals surface area contributed by atoms with Crippen molar-refractivity contribution in [2.24, 2.45) is 5.10 Å². The highest BCUT2D eigenvalue weighted by Crippen LogP contribution is 2.34. The summed E-state index contributed by atoms with van der Waals surface area (Å²) >= 11 is 4.47. The van der Waals surface area contributed by atoms with Gasteiger partial charge in [0.25, 0.3) is 0 Å². The average molecular weight is 652 g/mol. The largest absolute Gasteiger partial charge is 0.493 e. The number of fused-ring (bicyclic) bond motifs is 1. The Morgan fingerprint density at radius 3 is 2.62 bits per heavy atom. The van der Waals surface area contributed by atoms with Crippen LogP contribution in [0.15, 0.2) is 76.2 Å². The molecule has 0 bridgehead atoms. The zero-order valence-electron chi connectivity index (χ0n) is 17.0. The third kappa shape index (κ3) is 5.41. The van der Waals surface area contributed by atoms with E-state index in [0.29, 0.717) is 23.7 Å². The predicted octanol–water partition coefficient (Wildman–Crippen LogP) is 5.99. The number of para-hydroxylation sites is 1. The summed E-state index contributed by atoms with van der Waals surface area (Å²) in [5.41, 5.74) is 4.98. The van der Waals surface area contributed by atoms with E-state index in [1.807, 2.05) is 60.7 Å². The summed E-state index contributed by atoms with van der Waals surface area (Å²) in [6, 6.07) is 21.0. The van der Waals surface area contributed by atoms with Crippen molar-refractivity contribution >= 4 is 68.3 Å². The van der Waals surface area contributed by atoms with Gasteiger partial charge in [-0.05, 0) is 92.7 Å². The number of nitrogens with one attached hydrogen (secondary N) is 1. The number of ether oxygens (including phenoxy) is 2. The molecule has 162 valence electrons. The SMILES string of the molecule is COc1cc(/C=N/NC(=O)c2cc3ccccc3o2)cc(I)c1OCc1ccc(I)cc1. The van der Waals surface area contributed by atoms with Gasteiger partial charge in [0.2, 0.25) is 0 Å². The lowest BCUT2D eigenvalue weighted by Gasteiger charge is -2.13. The third-order valence-electron chi connectivity index (χ3n) is 4.58. The van der Waals surface area contributed by atoms with Gasteiger partial charge in [-0.25, -0.2) is 5.43 Å². The Morgan fingerprint density at radius 2 is 1.88 bits per heavy atom. The Morgan fingerprint density at radius 1 is 1.09 bits per heavy atom. The molecule has 6 nitrogen and oxygen atoms in total. The highest BCUT2D eigenvalue weighted by atomic mass is 127. The van der Waals surface area contributed by atoms with Gasteiger partial charge in [0.1, 0.15) is 12.2 Å². The van der Waals surface area contributed by atoms with Gasteiger partial charge in [0.05, 0.1) is 16.9 Å². The maximum atomic E-state index is 12.3. The van der Waals surface area contributed by atoms with E-state index in [0.717, 1.165) is 20.1 Å². The lowest BCUT2D eigenvalue weighted by molar-refractivity contribution is 0.0929. The van der Waals surface area contributed by atoms with Crippen molar-refractivity contribution in [2.45, 2.75) is 6.61 Å². The van der Waals surface area contributed by atoms with Crippen molar-refractivity contribution in [3.63, 3.8) is 0 Å². The number of furan rings is 1. The van der Waals surface area contributed by atoms with Gasteiger partial charge >= 0.3 is 5.91 Å². The summed E-state index contributed by atoms with van der Waals surface area (Å²) < 4.78 is 19.1. The first-order chi connectivity index (χ1) is 15.5. The van der Waals surface area contributed by atoms with Crippen molar-refractivity contribution in [3.8, 4) is 11.5 Å². The van der Waals surface area contributed by atoms with Gasteiger partial charge in [0, 0.05) is 8.96 Å². The van der Waals surface area contributed by atoms with Crippen LogP contribution in [0.2, 0.25) is 0 Å². The molecule has 4 aromatic rings. The second kappa shape index (κ2) is 10.3. The Kier molecular flexibility index (Phi) is 7.30. The fourth-order valence-corrected chi connectivity index (χ4v) is 4.15. The smallest absolute Gasteiger partial charge is 0.307 e. The van der Waals surface area contributed by atoms with Gasteiger partial charge < -0.3 is 13.9 Å². The number of rotatable bonds is 7. The molecule has 3 aromatic carbocycles. The van der Waals surface area contributed by atoms with E-state index in [-0.39, 0.29) is 5.76 Å². The molecule has 1 N–H and O–H groups in total. The molecule has 0 aliphatic heterocycles. The standard InChI is InChI=1S/C24H18I2N2O4/c1-30-21-11-16(10-19(26)23(21)31-14-15-6-8-18(25)9-7-15)13-27-28-24(29)22-12-17-4-2-3-5-20(17)32-22/h2-13H,14H2,1H3,(H,28,29)/b27-13+. The zero-order chi connectivity index (χ0) is 22.5. The second-order valence-electron chi connectivity index (χ2n) is 6.80. The second-order valence-corrected chi connectivity index (χ2v) is 9.20. The summed E-state index contributed by atoms with van der Waals surface area (Å²) in [5, 5.41) is 4.91. The Hall–Kier alpha value is -2.60. The molecule has 0 saturated heterocycles. The Bertz CT molecular complexity index is 1250. The van der Waals surface area contributed by atoms with Gasteiger partial charge in [0.15, 0.2) is 17.3 Å². The summed E-state index contributed by atoms with van der Waals surface area (Å²) in [7, 11) is 1.59. The summed E-state index contributed by atoms with van der Waals surface area (Å²) in [6.45, 7) is 0.435. The van der Waals surface area contributed by atoms with Crippen LogP contribution in [-0.2, 0) is 6.61 Å². The number of benzene rings is 3. The summed E-state index contributed by atoms with van der Waals surface area (Å²) in [6.07, 6.45) is 1.55. The normalized spacial score (nSPS) is 11.1. The third-order valence-corrected chi connectivity index (χ3v) is 6.10. The van der Waals surface area contributed by atoms with Crippen molar-refractivity contribution in [3.05, 3.63) is 90.8 Å². The van der Waals surface area contributed by atoms with Crippen LogP contribution in [-0.4, -0.2) is 19.2 Å². The molecule has 0 aliphatic carbocycles. The molecule has 0 saturated carbocycles. The van der Waals surface area contributed by atoms with Gasteiger partial charge in [-0.1, -0.05) is 30.3 Å². The number of hydrazone groups is 1. The number of hydrogen-bond acceptors (Lipinski definition) is 5. The van der Waals surface area contributed by atoms with Crippen molar-refractivity contribution in [1.82, 2.24) is 5.43 Å². The van der Waals surface area contributed by atoms with Crippen LogP contribution < -0.4 is 14.9 Å². The minimum Gasteiger partial charge on any atom is -0.493 e. The van der Waals surface area contributed by atoms with Gasteiger partial charge in [-0.2, -0.15) is 5.10 Å². The topological polar surface area (TPSA) is 73.1 Å². The number of methoxy groups -OCH3 is 1. The Labute approximate surface area is 212 Å². The predicted molar refractivity (Wildman–Crippen MR) is 140 cm³/mol. The summed E-state index contributed by atoms with van der Waals surface area (Å²) in [5.74, 6) is 1.04. The fourth-order valence-electron chi connectivity index (χ4n) is 3.00. The van der Waals surface area contributed by atoms with Gasteiger partial charge in [-0.3, -0.25) is 4.79 Å². The van der Waals surface area contributed by atoms with E-state index >= 15 is 0 Å². The van der Waals surface area contributed by atoms with E-state index in [1.165, 1.54) is 3.57 Å². The maximum absolute atomic E-state index is 12.3. The van der Waals surface area contributed by atoms with Crippen LogP contribution in [0.5, 0.6) is 11.5 Å². The number of hydrogen-bond donors (Lipinski definition) is 1. The molecule has 0 spiro atoms. The first-order valence-corrected chi connectivity index (χ1v) is 11.8. The number of carbonyl (C=O) groups is 1. The van der Waals surface area contributed by atoms with Crippen molar-refractivity contribution < 1.29 is 18.7 Å². The van der Waals surface area contributed by atoms with Gasteiger partial charge in [-0.15, -0.1) is 0 Å². The molecule has 8 heteroatoms. The molecule has 1 amide bonds. The summed E-state index contributed by atoms with van der Waals surface area (Å²) in [4.78, 5) is 12.3. The van der Waals surface area contributed by atoms with E-state index in [4.69, 9.17) is 13.9 Å². The quantitative estimate of drug-likeness (QED) is 0.151. The fraction of sp³-hybridized carbons (Fsp3) is 0.0833. The number of halogens is 2. The minimum atomic E-state index is -0.420. The highest BCUT2D eigenvalue weighted by Gasteiger charge is 2.13. The lowest BCUT2D eigenvalue weighted by Crippen LogP contribution is -2.16. The monoisotopic (exact) mass is 652 g/mol. The molecule has 32 heavy (non-hydrogen) atoms. The molecule has 4 rings (SSSR count). The Balaban J connectivity index is 1.44. The lowest BCUT2D eigenvalue weighted by atomic mass is 10.2. The first-order valence-electron chi connectivity index (χ1n) is 9.60. The number of carbonyl (C=O) groups excluding carboxylic acids is 1. The zero-order valence-corrected chi connectivity index (χ0v) is 21.3. The van der Waals surface area contributed by atoms with Crippen molar-refractivity contribution in [1.29, 1.82) is 0 Å². The van der Waals surface area contributed by atoms with E-state index in [9.17, 15) is 4.79 Å². The van der Waals surface area contributed by atoms with Crippen LogP contribution in [0.25, 0.3) is 11.0 Å². The van der Waals surface area contributed by atoms with Crippen LogP contribution in [0.3, 0.4) is 0 Å². The molecule has 0 radical (unpaired) electrons. The van der Waals surface area contributed by atoms with E-state index < -0.39 is 5.91 Å². The molecular weight excluding hydrogens is 634 g/mol. The number of amides is 1. The van der Waals surface area contributed by atoms with Crippen molar-refractivity contribution in [2.75, 3.05) is 7.11 Å². The minimum absolute atomic E-state index is 0.204. The number of nitrogens with zero attached hydrogens (tertiary/aromatic N) is 1. The molecular formula is C24H18I2N2O4. The molecule has 0 unspecified atom stereocenters. The van der Waals surface area contributed by atoms with Crippen LogP contribution in [0, 0.1) is 7.14 Å². The molecule has 0 atom stereocenters. The maximum Gasteiger partial charge on any atom is 0.307 e. The first kappa shape index (κ1) is 22.6. The molecule has 0 aliphatic rings. The molecule has 1 heterocycles. The molecule has 0 fully saturated rings.